The number of likely N-dealkylation sites (tertiary alicyclic amines) is 1. The number of ether oxygens (including phenoxy) is 1. The van der Waals surface area contributed by atoms with Gasteiger partial charge in [-0.15, -0.1) is 0 Å². The second kappa shape index (κ2) is 8.50. The number of likely N-dealkylation sites (N-methyl/N-ethyl adjacent to an activating group) is 1. The molecule has 1 fully saturated rings. The largest absolute Gasteiger partial charge is 0.484 e. The van der Waals surface area contributed by atoms with Gasteiger partial charge in [0, 0.05) is 13.6 Å². The Morgan fingerprint density at radius 2 is 2.04 bits per heavy atom. The predicted octanol–water partition coefficient (Wildman–Crippen LogP) is 0.535. The monoisotopic (exact) mass is 347 g/mol. The van der Waals surface area contributed by atoms with Crippen LogP contribution in [-0.4, -0.2) is 55.4 Å². The summed E-state index contributed by atoms with van der Waals surface area (Å²) in [5, 5.41) is 5.12. The van der Waals surface area contributed by atoms with Gasteiger partial charge < -0.3 is 20.3 Å². The van der Waals surface area contributed by atoms with E-state index in [-0.39, 0.29) is 30.9 Å². The first-order valence-electron chi connectivity index (χ1n) is 8.40. The molecule has 25 heavy (non-hydrogen) atoms. The Morgan fingerprint density at radius 1 is 1.28 bits per heavy atom. The van der Waals surface area contributed by atoms with Crippen LogP contribution in [0.1, 0.15) is 24.0 Å². The van der Waals surface area contributed by atoms with Gasteiger partial charge in [-0.25, -0.2) is 0 Å². The molecule has 1 saturated heterocycles. The molecule has 1 aromatic carbocycles. The van der Waals surface area contributed by atoms with E-state index in [1.165, 1.54) is 4.90 Å². The van der Waals surface area contributed by atoms with Gasteiger partial charge in [-0.3, -0.25) is 14.4 Å². The summed E-state index contributed by atoms with van der Waals surface area (Å²) >= 11 is 0. The maximum atomic E-state index is 12.2. The molecule has 7 nitrogen and oxygen atoms in total. The molecule has 3 amide bonds. The predicted molar refractivity (Wildman–Crippen MR) is 93.2 cm³/mol. The van der Waals surface area contributed by atoms with Gasteiger partial charge >= 0.3 is 0 Å². The number of nitrogens with zero attached hydrogens (tertiary/aromatic N) is 1. The fraction of sp³-hybridized carbons (Fsp3) is 0.500. The summed E-state index contributed by atoms with van der Waals surface area (Å²) in [6, 6.07) is 5.27. The molecule has 0 saturated carbocycles. The van der Waals surface area contributed by atoms with Crippen LogP contribution in [0.3, 0.4) is 0 Å². The molecule has 0 bridgehead atoms. The minimum atomic E-state index is -0.444. The van der Waals surface area contributed by atoms with Crippen LogP contribution in [0.15, 0.2) is 18.2 Å². The topological polar surface area (TPSA) is 87.7 Å². The number of carbonyl (C=O) groups excluding carboxylic acids is 3. The molecule has 1 aliphatic rings. The minimum absolute atomic E-state index is 0.136. The Bertz CT molecular complexity index is 660. The third-order valence-corrected chi connectivity index (χ3v) is 4.25. The first kappa shape index (κ1) is 18.8. The molecule has 7 heteroatoms. The molecule has 0 spiro atoms. The maximum absolute atomic E-state index is 12.2. The van der Waals surface area contributed by atoms with E-state index in [0.717, 1.165) is 17.5 Å². The highest BCUT2D eigenvalue weighted by Crippen LogP contribution is 2.19. The van der Waals surface area contributed by atoms with Gasteiger partial charge in [0.1, 0.15) is 11.8 Å². The van der Waals surface area contributed by atoms with Crippen molar-refractivity contribution in [3.05, 3.63) is 29.3 Å². The van der Waals surface area contributed by atoms with Gasteiger partial charge in [0.2, 0.25) is 11.8 Å². The van der Waals surface area contributed by atoms with Crippen LogP contribution in [0, 0.1) is 13.8 Å². The number of nitrogens with one attached hydrogen (secondary N) is 2. The van der Waals surface area contributed by atoms with E-state index < -0.39 is 6.04 Å². The number of rotatable bonds is 6. The highest BCUT2D eigenvalue weighted by molar-refractivity contribution is 5.90. The van der Waals surface area contributed by atoms with Crippen molar-refractivity contribution in [3.63, 3.8) is 0 Å². The Balaban J connectivity index is 1.79. The summed E-state index contributed by atoms with van der Waals surface area (Å²) in [5.74, 6) is -0.156. The van der Waals surface area contributed by atoms with Crippen molar-refractivity contribution in [1.82, 2.24) is 15.5 Å². The van der Waals surface area contributed by atoms with E-state index >= 15 is 0 Å². The summed E-state index contributed by atoms with van der Waals surface area (Å²) in [6.07, 6.45) is 1.43. The second-order valence-corrected chi connectivity index (χ2v) is 6.19. The lowest BCUT2D eigenvalue weighted by Gasteiger charge is -2.23. The van der Waals surface area contributed by atoms with Crippen LogP contribution in [0.5, 0.6) is 5.75 Å². The smallest absolute Gasteiger partial charge is 0.258 e. The Labute approximate surface area is 147 Å². The molecule has 1 heterocycles. The Kier molecular flexibility index (Phi) is 6.38. The van der Waals surface area contributed by atoms with Gasteiger partial charge in [0.05, 0.1) is 6.54 Å². The van der Waals surface area contributed by atoms with Crippen LogP contribution < -0.4 is 15.4 Å². The van der Waals surface area contributed by atoms with E-state index in [1.807, 2.05) is 32.0 Å². The molecule has 2 rings (SSSR count). The summed E-state index contributed by atoms with van der Waals surface area (Å²) in [7, 11) is 1.55. The average molecular weight is 347 g/mol. The SMILES string of the molecule is CNC(=O)[C@@H]1CCCN1C(=O)CNC(=O)COc1ccc(C)cc1C. The number of benzene rings is 1. The Morgan fingerprint density at radius 3 is 2.72 bits per heavy atom. The van der Waals surface area contributed by atoms with Crippen molar-refractivity contribution in [1.29, 1.82) is 0 Å². The normalized spacial score (nSPS) is 16.4. The molecule has 0 radical (unpaired) electrons. The van der Waals surface area contributed by atoms with Crippen LogP contribution in [0.25, 0.3) is 0 Å². The van der Waals surface area contributed by atoms with Crippen LogP contribution >= 0.6 is 0 Å². The highest BCUT2D eigenvalue weighted by atomic mass is 16.5. The zero-order valence-electron chi connectivity index (χ0n) is 14.9. The van der Waals surface area contributed by atoms with Crippen molar-refractivity contribution in [2.24, 2.45) is 0 Å². The standard InChI is InChI=1S/C18H25N3O4/c1-12-6-7-15(13(2)9-12)25-11-16(22)20-10-17(23)21-8-4-5-14(21)18(24)19-3/h6-7,9,14H,4-5,8,10-11H2,1-3H3,(H,19,24)(H,20,22)/t14-/m0/s1. The van der Waals surface area contributed by atoms with Gasteiger partial charge in [-0.2, -0.15) is 0 Å². The van der Waals surface area contributed by atoms with Gasteiger partial charge in [0.25, 0.3) is 5.91 Å². The van der Waals surface area contributed by atoms with Crippen molar-refractivity contribution in [2.45, 2.75) is 32.7 Å². The first-order valence-corrected chi connectivity index (χ1v) is 8.40. The molecule has 1 atom stereocenters. The third-order valence-electron chi connectivity index (χ3n) is 4.25. The maximum Gasteiger partial charge on any atom is 0.258 e. The molecular formula is C18H25N3O4. The lowest BCUT2D eigenvalue weighted by molar-refractivity contribution is -0.138. The van der Waals surface area contributed by atoms with E-state index in [0.29, 0.717) is 18.7 Å². The summed E-state index contributed by atoms with van der Waals surface area (Å²) in [6.45, 7) is 4.14. The van der Waals surface area contributed by atoms with Crippen molar-refractivity contribution in [3.8, 4) is 5.75 Å². The molecule has 1 aliphatic heterocycles. The van der Waals surface area contributed by atoms with Crippen LogP contribution in [0.2, 0.25) is 0 Å². The number of hydrogen-bond acceptors (Lipinski definition) is 4. The van der Waals surface area contributed by atoms with E-state index in [9.17, 15) is 14.4 Å². The summed E-state index contributed by atoms with van der Waals surface area (Å²) in [4.78, 5) is 37.4. The number of amides is 3. The van der Waals surface area contributed by atoms with E-state index in [2.05, 4.69) is 10.6 Å². The number of carbonyl (C=O) groups is 3. The van der Waals surface area contributed by atoms with E-state index in [1.54, 1.807) is 7.05 Å². The van der Waals surface area contributed by atoms with Gasteiger partial charge in [-0.1, -0.05) is 17.7 Å². The number of hydrogen-bond donors (Lipinski definition) is 2. The molecule has 2 N–H and O–H groups in total. The summed E-state index contributed by atoms with van der Waals surface area (Å²) < 4.78 is 5.49. The fourth-order valence-electron chi connectivity index (χ4n) is 2.94. The molecule has 0 aromatic heterocycles. The number of aryl methyl sites for hydroxylation is 2. The molecule has 0 unspecified atom stereocenters. The second-order valence-electron chi connectivity index (χ2n) is 6.19. The van der Waals surface area contributed by atoms with Crippen LogP contribution in [-0.2, 0) is 14.4 Å². The zero-order chi connectivity index (χ0) is 18.4. The first-order chi connectivity index (χ1) is 11.9. The zero-order valence-corrected chi connectivity index (χ0v) is 14.9. The fourth-order valence-corrected chi connectivity index (χ4v) is 2.94. The lowest BCUT2D eigenvalue weighted by atomic mass is 10.1. The summed E-state index contributed by atoms with van der Waals surface area (Å²) in [5.41, 5.74) is 2.07. The van der Waals surface area contributed by atoms with Crippen molar-refractivity contribution in [2.75, 3.05) is 26.7 Å². The molecule has 1 aromatic rings. The Hall–Kier alpha value is -2.57. The molecular weight excluding hydrogens is 322 g/mol. The quantitative estimate of drug-likeness (QED) is 0.786. The minimum Gasteiger partial charge on any atom is -0.484 e. The average Bonchev–Trinajstić information content (AvgIpc) is 3.08. The van der Waals surface area contributed by atoms with E-state index in [4.69, 9.17) is 4.74 Å². The molecule has 0 aliphatic carbocycles. The molecule has 136 valence electrons. The third kappa shape index (κ3) is 4.95. The lowest BCUT2D eigenvalue weighted by Crippen LogP contribution is -2.48. The van der Waals surface area contributed by atoms with Gasteiger partial charge in [-0.05, 0) is 38.3 Å². The van der Waals surface area contributed by atoms with Crippen molar-refractivity contribution >= 4 is 17.7 Å². The van der Waals surface area contributed by atoms with Gasteiger partial charge in [0.15, 0.2) is 6.61 Å². The highest BCUT2D eigenvalue weighted by Gasteiger charge is 2.33. The van der Waals surface area contributed by atoms with Crippen LogP contribution in [0.4, 0.5) is 0 Å². The van der Waals surface area contributed by atoms with Crippen molar-refractivity contribution < 1.29 is 19.1 Å².